The number of para-hydroxylation sites is 1. The van der Waals surface area contributed by atoms with E-state index in [1.54, 1.807) is 18.4 Å². The highest BCUT2D eigenvalue weighted by molar-refractivity contribution is 14.0. The fourth-order valence-corrected chi connectivity index (χ4v) is 3.50. The quantitative estimate of drug-likeness (QED) is 0.364. The Morgan fingerprint density at radius 3 is 2.92 bits per heavy atom. The first-order valence-corrected chi connectivity index (χ1v) is 8.77. The van der Waals surface area contributed by atoms with Crippen LogP contribution in [0.25, 0.3) is 0 Å². The highest BCUT2D eigenvalue weighted by Gasteiger charge is 2.24. The first-order valence-electron chi connectivity index (χ1n) is 7.89. The van der Waals surface area contributed by atoms with Gasteiger partial charge in [-0.05, 0) is 18.6 Å². The monoisotopic (exact) mass is 471 g/mol. The summed E-state index contributed by atoms with van der Waals surface area (Å²) in [4.78, 5) is 21.6. The molecule has 1 aromatic carbocycles. The van der Waals surface area contributed by atoms with Gasteiger partial charge in [0.2, 0.25) is 5.91 Å². The van der Waals surface area contributed by atoms with Gasteiger partial charge in [0.05, 0.1) is 17.7 Å². The normalized spacial score (nSPS) is 16.5. The molecule has 1 unspecified atom stereocenters. The first kappa shape index (κ1) is 19.6. The second kappa shape index (κ2) is 9.14. The lowest BCUT2D eigenvalue weighted by molar-refractivity contribution is -0.116. The Kier molecular flexibility index (Phi) is 7.18. The summed E-state index contributed by atoms with van der Waals surface area (Å²) in [7, 11) is 1.75. The number of hydrogen-bond donors (Lipinski definition) is 3. The molecule has 0 spiro atoms. The number of nitrogens with zero attached hydrogens (tertiary/aromatic N) is 2. The van der Waals surface area contributed by atoms with Gasteiger partial charge in [0.15, 0.2) is 5.96 Å². The number of rotatable bonds is 4. The predicted molar refractivity (Wildman–Crippen MR) is 113 cm³/mol. The Morgan fingerprint density at radius 2 is 2.20 bits per heavy atom. The summed E-state index contributed by atoms with van der Waals surface area (Å²) in [6.07, 6.45) is 0.481. The number of thiazole rings is 1. The number of aromatic nitrogens is 1. The van der Waals surface area contributed by atoms with Crippen molar-refractivity contribution < 1.29 is 4.79 Å². The van der Waals surface area contributed by atoms with E-state index in [4.69, 9.17) is 0 Å². The molecule has 2 aromatic rings. The van der Waals surface area contributed by atoms with Crippen LogP contribution in [0, 0.1) is 6.92 Å². The number of guanidine groups is 1. The van der Waals surface area contributed by atoms with Gasteiger partial charge in [0, 0.05) is 36.5 Å². The van der Waals surface area contributed by atoms with Gasteiger partial charge in [0.1, 0.15) is 0 Å². The van der Waals surface area contributed by atoms with Crippen LogP contribution in [-0.4, -0.2) is 30.4 Å². The van der Waals surface area contributed by atoms with Crippen LogP contribution in [-0.2, 0) is 11.3 Å². The molecule has 1 atom stereocenters. The van der Waals surface area contributed by atoms with Gasteiger partial charge in [-0.3, -0.25) is 9.79 Å². The molecule has 0 saturated carbocycles. The van der Waals surface area contributed by atoms with Crippen LogP contribution in [0.4, 0.5) is 5.69 Å². The maximum Gasteiger partial charge on any atom is 0.225 e. The summed E-state index contributed by atoms with van der Waals surface area (Å²) in [6.45, 7) is 3.35. The fraction of sp³-hybridized carbons (Fsp3) is 0.353. The van der Waals surface area contributed by atoms with Gasteiger partial charge in [-0.15, -0.1) is 35.3 Å². The average Bonchev–Trinajstić information content (AvgIpc) is 2.99. The maximum atomic E-state index is 11.9. The van der Waals surface area contributed by atoms with E-state index in [0.29, 0.717) is 19.5 Å². The lowest BCUT2D eigenvalue weighted by Gasteiger charge is -2.26. The van der Waals surface area contributed by atoms with Gasteiger partial charge in [0.25, 0.3) is 0 Å². The largest absolute Gasteiger partial charge is 0.356 e. The molecule has 1 aliphatic rings. The van der Waals surface area contributed by atoms with Crippen LogP contribution in [0.15, 0.2) is 34.8 Å². The van der Waals surface area contributed by atoms with Crippen LogP contribution in [0.2, 0.25) is 0 Å². The zero-order valence-electron chi connectivity index (χ0n) is 14.2. The maximum absolute atomic E-state index is 11.9. The number of aliphatic imine (C=N–C) groups is 1. The van der Waals surface area contributed by atoms with E-state index in [-0.39, 0.29) is 35.8 Å². The zero-order chi connectivity index (χ0) is 16.9. The molecule has 6 nitrogen and oxygen atoms in total. The van der Waals surface area contributed by atoms with Gasteiger partial charge < -0.3 is 16.0 Å². The van der Waals surface area contributed by atoms with Crippen LogP contribution in [0.1, 0.15) is 28.5 Å². The molecule has 0 saturated heterocycles. The van der Waals surface area contributed by atoms with Crippen molar-refractivity contribution in [3.05, 3.63) is 45.9 Å². The Bertz CT molecular complexity index is 761. The Labute approximate surface area is 168 Å². The lowest BCUT2D eigenvalue weighted by Crippen LogP contribution is -2.40. The summed E-state index contributed by atoms with van der Waals surface area (Å²) in [5, 5.41) is 9.55. The van der Waals surface area contributed by atoms with E-state index >= 15 is 0 Å². The van der Waals surface area contributed by atoms with Crippen molar-refractivity contribution in [1.82, 2.24) is 15.6 Å². The summed E-state index contributed by atoms with van der Waals surface area (Å²) >= 11 is 1.63. The highest BCUT2D eigenvalue weighted by atomic mass is 127. The zero-order valence-corrected chi connectivity index (χ0v) is 17.4. The highest BCUT2D eigenvalue weighted by Crippen LogP contribution is 2.31. The molecule has 3 N–H and O–H groups in total. The smallest absolute Gasteiger partial charge is 0.225 e. The molecule has 8 heteroatoms. The second-order valence-electron chi connectivity index (χ2n) is 5.70. The standard InChI is InChI=1S/C17H21N5OS.HI/c1-11-15(24-10-21-11)9-20-17(18-2)19-8-12-7-16(23)22-14-6-4-3-5-13(12)14;/h3-6,10,12H,7-9H2,1-2H3,(H,22,23)(H2,18,19,20);1H. The van der Waals surface area contributed by atoms with E-state index in [2.05, 4.69) is 32.0 Å². The van der Waals surface area contributed by atoms with Crippen molar-refractivity contribution in [1.29, 1.82) is 0 Å². The van der Waals surface area contributed by atoms with Crippen LogP contribution in [0.3, 0.4) is 0 Å². The fourth-order valence-electron chi connectivity index (χ4n) is 2.78. The molecular weight excluding hydrogens is 449 g/mol. The molecule has 3 rings (SSSR count). The van der Waals surface area contributed by atoms with Crippen molar-refractivity contribution in [2.24, 2.45) is 4.99 Å². The summed E-state index contributed by atoms with van der Waals surface area (Å²) in [5.74, 6) is 0.925. The number of carbonyl (C=O) groups excluding carboxylic acids is 1. The van der Waals surface area contributed by atoms with Gasteiger partial charge in [-0.25, -0.2) is 4.98 Å². The molecule has 2 heterocycles. The summed E-state index contributed by atoms with van der Waals surface area (Å²) in [5.41, 5.74) is 4.96. The third-order valence-corrected chi connectivity index (χ3v) is 5.04. The number of benzene rings is 1. The molecule has 0 radical (unpaired) electrons. The Balaban J connectivity index is 0.00000225. The summed E-state index contributed by atoms with van der Waals surface area (Å²) < 4.78 is 0. The van der Waals surface area contributed by atoms with E-state index in [1.165, 1.54) is 10.4 Å². The van der Waals surface area contributed by atoms with Crippen molar-refractivity contribution in [3.8, 4) is 0 Å². The predicted octanol–water partition coefficient (Wildman–Crippen LogP) is 2.86. The number of hydrogen-bond acceptors (Lipinski definition) is 4. The SMILES string of the molecule is CN=C(NCc1scnc1C)NCC1CC(=O)Nc2ccccc21.I. The van der Waals surface area contributed by atoms with Gasteiger partial charge >= 0.3 is 0 Å². The Morgan fingerprint density at radius 1 is 1.40 bits per heavy atom. The molecule has 0 fully saturated rings. The lowest BCUT2D eigenvalue weighted by atomic mass is 9.90. The minimum Gasteiger partial charge on any atom is -0.356 e. The number of halogens is 1. The average molecular weight is 471 g/mol. The minimum absolute atomic E-state index is 0. The summed E-state index contributed by atoms with van der Waals surface area (Å²) in [6, 6.07) is 7.95. The van der Waals surface area contributed by atoms with Crippen molar-refractivity contribution >= 4 is 52.9 Å². The van der Waals surface area contributed by atoms with Crippen LogP contribution < -0.4 is 16.0 Å². The molecule has 25 heavy (non-hydrogen) atoms. The van der Waals surface area contributed by atoms with Gasteiger partial charge in [-0.1, -0.05) is 18.2 Å². The third kappa shape index (κ3) is 4.91. The topological polar surface area (TPSA) is 78.4 Å². The Hall–Kier alpha value is -1.68. The van der Waals surface area contributed by atoms with E-state index in [9.17, 15) is 4.79 Å². The minimum atomic E-state index is 0. The first-order chi connectivity index (χ1) is 11.7. The van der Waals surface area contributed by atoms with Crippen LogP contribution >= 0.6 is 35.3 Å². The molecule has 134 valence electrons. The number of anilines is 1. The second-order valence-corrected chi connectivity index (χ2v) is 6.64. The van der Waals surface area contributed by atoms with E-state index in [1.807, 2.05) is 30.6 Å². The van der Waals surface area contributed by atoms with Gasteiger partial charge in [-0.2, -0.15) is 0 Å². The van der Waals surface area contributed by atoms with E-state index in [0.717, 1.165) is 17.3 Å². The molecular formula is C17H22IN5OS. The van der Waals surface area contributed by atoms with Crippen molar-refractivity contribution in [3.63, 3.8) is 0 Å². The number of carbonyl (C=O) groups is 1. The third-order valence-electron chi connectivity index (χ3n) is 4.11. The number of fused-ring (bicyclic) bond motifs is 1. The van der Waals surface area contributed by atoms with Crippen molar-refractivity contribution in [2.75, 3.05) is 18.9 Å². The molecule has 0 aliphatic carbocycles. The molecule has 1 aliphatic heterocycles. The van der Waals surface area contributed by atoms with Crippen LogP contribution in [0.5, 0.6) is 0 Å². The van der Waals surface area contributed by atoms with Crippen molar-refractivity contribution in [2.45, 2.75) is 25.8 Å². The van der Waals surface area contributed by atoms with E-state index < -0.39 is 0 Å². The number of aryl methyl sites for hydroxylation is 1. The number of nitrogens with one attached hydrogen (secondary N) is 3. The molecule has 0 bridgehead atoms. The number of amides is 1. The molecule has 1 amide bonds. The molecule has 1 aromatic heterocycles.